The normalized spacial score (nSPS) is 20.8. The number of aromatic amines is 1. The van der Waals surface area contributed by atoms with Gasteiger partial charge in [0.05, 0.1) is 11.4 Å². The average Bonchev–Trinajstić information content (AvgIpc) is 3.27. The van der Waals surface area contributed by atoms with Crippen molar-refractivity contribution in [2.24, 2.45) is 5.92 Å². The maximum absolute atomic E-state index is 6.04. The average molecular weight is 392 g/mol. The molecule has 5 rings (SSSR count). The molecule has 28 heavy (non-hydrogen) atoms. The zero-order valence-corrected chi connectivity index (χ0v) is 17.0. The van der Waals surface area contributed by atoms with Gasteiger partial charge in [0.15, 0.2) is 0 Å². The predicted octanol–water partition coefficient (Wildman–Crippen LogP) is 5.97. The Morgan fingerprint density at radius 2 is 1.86 bits per heavy atom. The van der Waals surface area contributed by atoms with Crippen molar-refractivity contribution in [1.82, 2.24) is 15.5 Å². The number of fused-ring (bicyclic) bond motifs is 3. The zero-order chi connectivity index (χ0) is 19.1. The minimum atomic E-state index is 0.679. The Hall–Kier alpha value is -2.10. The van der Waals surface area contributed by atoms with Gasteiger partial charge in [0, 0.05) is 40.7 Å². The van der Waals surface area contributed by atoms with Gasteiger partial charge in [-0.25, -0.2) is 0 Å². The van der Waals surface area contributed by atoms with Crippen LogP contribution < -0.4 is 5.32 Å². The molecule has 0 saturated heterocycles. The largest absolute Gasteiger partial charge is 0.310 e. The molecule has 2 aliphatic carbocycles. The van der Waals surface area contributed by atoms with Crippen LogP contribution in [0, 0.1) is 5.92 Å². The van der Waals surface area contributed by atoms with E-state index >= 15 is 0 Å². The molecule has 2 N–H and O–H groups in total. The third-order valence-electron chi connectivity index (χ3n) is 6.40. The smallest absolute Gasteiger partial charge is 0.0962 e. The summed E-state index contributed by atoms with van der Waals surface area (Å²) >= 11 is 6.04. The first-order valence-corrected chi connectivity index (χ1v) is 10.7. The Kier molecular flexibility index (Phi) is 4.73. The highest BCUT2D eigenvalue weighted by Gasteiger charge is 2.25. The lowest BCUT2D eigenvalue weighted by Crippen LogP contribution is -2.32. The monoisotopic (exact) mass is 391 g/mol. The van der Waals surface area contributed by atoms with Crippen LogP contribution in [0.1, 0.15) is 49.3 Å². The van der Waals surface area contributed by atoms with E-state index in [-0.39, 0.29) is 0 Å². The summed E-state index contributed by atoms with van der Waals surface area (Å²) in [6.07, 6.45) is 6.28. The second kappa shape index (κ2) is 7.38. The molecule has 0 atom stereocenters. The Morgan fingerprint density at radius 3 is 2.64 bits per heavy atom. The maximum Gasteiger partial charge on any atom is 0.0962 e. The summed E-state index contributed by atoms with van der Waals surface area (Å²) in [5.74, 6) is 0.899. The second-order valence-electron chi connectivity index (χ2n) is 8.44. The lowest BCUT2D eigenvalue weighted by Gasteiger charge is -2.27. The molecule has 0 radical (unpaired) electrons. The first-order chi connectivity index (χ1) is 13.7. The molecule has 0 unspecified atom stereocenters. The van der Waals surface area contributed by atoms with E-state index in [2.05, 4.69) is 40.6 Å². The standard InChI is InChI=1S/C24H26ClN3/c1-15-2-9-20(10-3-15)26-14-16-4-11-21-18(12-16)13-22-23(27-28-24(21)22)17-5-7-19(25)8-6-17/h4-8,11-12,15,20,26H,2-3,9-10,13-14H2,1H3,(H,27,28). The molecule has 3 aromatic rings. The van der Waals surface area contributed by atoms with Gasteiger partial charge >= 0.3 is 0 Å². The molecule has 0 spiro atoms. The molecular formula is C24H26ClN3. The summed E-state index contributed by atoms with van der Waals surface area (Å²) < 4.78 is 0. The SMILES string of the molecule is CC1CCC(NCc2ccc3c(c2)Cc2c(-c4ccc(Cl)cc4)n[nH]c2-3)CC1. The number of aromatic nitrogens is 2. The van der Waals surface area contributed by atoms with Crippen LogP contribution in [0.2, 0.25) is 5.02 Å². The highest BCUT2D eigenvalue weighted by molar-refractivity contribution is 6.30. The summed E-state index contributed by atoms with van der Waals surface area (Å²) in [5.41, 5.74) is 8.68. The molecule has 0 aliphatic heterocycles. The molecule has 1 aromatic heterocycles. The van der Waals surface area contributed by atoms with Gasteiger partial charge in [-0.1, -0.05) is 48.9 Å². The third-order valence-corrected chi connectivity index (χ3v) is 6.65. The highest BCUT2D eigenvalue weighted by Crippen LogP contribution is 2.40. The van der Waals surface area contributed by atoms with Gasteiger partial charge < -0.3 is 5.32 Å². The van der Waals surface area contributed by atoms with E-state index in [1.54, 1.807) is 0 Å². The number of H-pyrrole nitrogens is 1. The molecule has 1 heterocycles. The first kappa shape index (κ1) is 18.0. The van der Waals surface area contributed by atoms with Crippen LogP contribution in [0.5, 0.6) is 0 Å². The number of benzene rings is 2. The van der Waals surface area contributed by atoms with Crippen LogP contribution in [0.15, 0.2) is 42.5 Å². The summed E-state index contributed by atoms with van der Waals surface area (Å²) in [5, 5.41) is 12.4. The summed E-state index contributed by atoms with van der Waals surface area (Å²) in [6, 6.07) is 15.5. The van der Waals surface area contributed by atoms with Crippen LogP contribution in [-0.2, 0) is 13.0 Å². The number of rotatable bonds is 4. The van der Waals surface area contributed by atoms with Crippen molar-refractivity contribution in [1.29, 1.82) is 0 Å². The van der Waals surface area contributed by atoms with Gasteiger partial charge in [0.25, 0.3) is 0 Å². The number of nitrogens with zero attached hydrogens (tertiary/aromatic N) is 1. The molecule has 2 aromatic carbocycles. The molecule has 1 fully saturated rings. The molecule has 3 nitrogen and oxygen atoms in total. The van der Waals surface area contributed by atoms with E-state index in [4.69, 9.17) is 11.6 Å². The number of hydrogen-bond acceptors (Lipinski definition) is 2. The summed E-state index contributed by atoms with van der Waals surface area (Å²) in [6.45, 7) is 3.33. The zero-order valence-electron chi connectivity index (χ0n) is 16.3. The van der Waals surface area contributed by atoms with E-state index in [9.17, 15) is 0 Å². The summed E-state index contributed by atoms with van der Waals surface area (Å²) in [7, 11) is 0. The Bertz CT molecular complexity index is 982. The Morgan fingerprint density at radius 1 is 1.07 bits per heavy atom. The van der Waals surface area contributed by atoms with E-state index < -0.39 is 0 Å². The summed E-state index contributed by atoms with van der Waals surface area (Å²) in [4.78, 5) is 0. The number of nitrogens with one attached hydrogen (secondary N) is 2. The van der Waals surface area contributed by atoms with Crippen molar-refractivity contribution < 1.29 is 0 Å². The van der Waals surface area contributed by atoms with Crippen molar-refractivity contribution in [2.75, 3.05) is 0 Å². The van der Waals surface area contributed by atoms with Crippen molar-refractivity contribution in [3.63, 3.8) is 0 Å². The molecule has 4 heteroatoms. The molecule has 0 bridgehead atoms. The van der Waals surface area contributed by atoms with Gasteiger partial charge in [0.1, 0.15) is 0 Å². The van der Waals surface area contributed by atoms with Crippen molar-refractivity contribution in [3.05, 3.63) is 64.2 Å². The minimum Gasteiger partial charge on any atom is -0.310 e. The Labute approximate surface area is 171 Å². The molecule has 2 aliphatic rings. The van der Waals surface area contributed by atoms with Gasteiger partial charge in [-0.05, 0) is 54.9 Å². The van der Waals surface area contributed by atoms with E-state index in [0.717, 1.165) is 35.2 Å². The molecule has 0 amide bonds. The fourth-order valence-electron chi connectivity index (χ4n) is 4.67. The fourth-order valence-corrected chi connectivity index (χ4v) is 4.80. The van der Waals surface area contributed by atoms with Crippen LogP contribution >= 0.6 is 11.6 Å². The van der Waals surface area contributed by atoms with E-state index in [1.165, 1.54) is 53.6 Å². The number of halogens is 1. The van der Waals surface area contributed by atoms with E-state index in [1.807, 2.05) is 24.3 Å². The van der Waals surface area contributed by atoms with Gasteiger partial charge in [-0.3, -0.25) is 5.10 Å². The van der Waals surface area contributed by atoms with Crippen LogP contribution in [-0.4, -0.2) is 16.2 Å². The quantitative estimate of drug-likeness (QED) is 0.450. The van der Waals surface area contributed by atoms with Crippen LogP contribution in [0.4, 0.5) is 0 Å². The lowest BCUT2D eigenvalue weighted by molar-refractivity contribution is 0.306. The fraction of sp³-hybridized carbons (Fsp3) is 0.375. The van der Waals surface area contributed by atoms with Crippen molar-refractivity contribution in [3.8, 4) is 22.5 Å². The number of hydrogen-bond donors (Lipinski definition) is 2. The van der Waals surface area contributed by atoms with Crippen molar-refractivity contribution in [2.45, 2.75) is 51.6 Å². The highest BCUT2D eigenvalue weighted by atomic mass is 35.5. The van der Waals surface area contributed by atoms with Crippen LogP contribution in [0.25, 0.3) is 22.5 Å². The molecular weight excluding hydrogens is 366 g/mol. The Balaban J connectivity index is 1.32. The first-order valence-electron chi connectivity index (χ1n) is 10.4. The minimum absolute atomic E-state index is 0.679. The van der Waals surface area contributed by atoms with Crippen molar-refractivity contribution >= 4 is 11.6 Å². The van der Waals surface area contributed by atoms with Gasteiger partial charge in [-0.15, -0.1) is 0 Å². The topological polar surface area (TPSA) is 40.7 Å². The predicted molar refractivity (Wildman–Crippen MR) is 116 cm³/mol. The third kappa shape index (κ3) is 3.38. The molecule has 144 valence electrons. The van der Waals surface area contributed by atoms with Gasteiger partial charge in [-0.2, -0.15) is 5.10 Å². The molecule has 1 saturated carbocycles. The van der Waals surface area contributed by atoms with E-state index in [0.29, 0.717) is 6.04 Å². The van der Waals surface area contributed by atoms with Crippen LogP contribution in [0.3, 0.4) is 0 Å². The van der Waals surface area contributed by atoms with Gasteiger partial charge in [0.2, 0.25) is 0 Å². The maximum atomic E-state index is 6.04. The second-order valence-corrected chi connectivity index (χ2v) is 8.88. The lowest BCUT2D eigenvalue weighted by atomic mass is 9.87.